The Balaban J connectivity index is 2.53. The first-order valence-electron chi connectivity index (χ1n) is 3.74. The van der Waals surface area contributed by atoms with Gasteiger partial charge >= 0.3 is 0 Å². The summed E-state index contributed by atoms with van der Waals surface area (Å²) in [4.78, 5) is 0. The van der Waals surface area contributed by atoms with E-state index in [0.717, 1.165) is 20.1 Å². The molecule has 0 unspecified atom stereocenters. The third-order valence-corrected chi connectivity index (χ3v) is 2.63. The highest BCUT2D eigenvalue weighted by molar-refractivity contribution is 9.11. The second kappa shape index (κ2) is 3.68. The van der Waals surface area contributed by atoms with Crippen molar-refractivity contribution in [2.45, 2.75) is 0 Å². The molecule has 1 aromatic carbocycles. The highest BCUT2D eigenvalue weighted by Gasteiger charge is 2.01. The van der Waals surface area contributed by atoms with E-state index >= 15 is 0 Å². The molecule has 0 aliphatic carbocycles. The van der Waals surface area contributed by atoms with Gasteiger partial charge in [0.15, 0.2) is 0 Å². The molecule has 1 heterocycles. The van der Waals surface area contributed by atoms with Gasteiger partial charge in [-0.2, -0.15) is 0 Å². The lowest BCUT2D eigenvalue weighted by Crippen LogP contribution is -1.74. The van der Waals surface area contributed by atoms with Crippen LogP contribution in [0.1, 0.15) is 0 Å². The minimum absolute atomic E-state index is 1.05. The molecule has 0 amide bonds. The number of hydrogen-bond donors (Lipinski definition) is 0. The lowest BCUT2D eigenvalue weighted by atomic mass is 10.1. The molecule has 0 N–H and O–H groups in total. The summed E-state index contributed by atoms with van der Waals surface area (Å²) in [6.45, 7) is 0. The van der Waals surface area contributed by atoms with Gasteiger partial charge in [0.1, 0.15) is 0 Å². The van der Waals surface area contributed by atoms with Crippen molar-refractivity contribution >= 4 is 31.9 Å². The number of halogens is 2. The van der Waals surface area contributed by atoms with Gasteiger partial charge in [-0.1, -0.05) is 31.9 Å². The molecule has 3 heteroatoms. The fourth-order valence-corrected chi connectivity index (χ4v) is 2.44. The van der Waals surface area contributed by atoms with Crippen LogP contribution < -0.4 is 0 Å². The number of rotatable bonds is 1. The van der Waals surface area contributed by atoms with Crippen LogP contribution in [0.25, 0.3) is 11.1 Å². The van der Waals surface area contributed by atoms with Gasteiger partial charge in [0.05, 0.1) is 12.5 Å². The van der Waals surface area contributed by atoms with Gasteiger partial charge in [0.2, 0.25) is 0 Å². The van der Waals surface area contributed by atoms with Crippen LogP contribution in [0.15, 0.2) is 50.2 Å². The Morgan fingerprint density at radius 1 is 0.923 bits per heavy atom. The van der Waals surface area contributed by atoms with Gasteiger partial charge in [-0.15, -0.1) is 0 Å². The molecule has 0 atom stereocenters. The van der Waals surface area contributed by atoms with Gasteiger partial charge in [0, 0.05) is 14.5 Å². The Hall–Kier alpha value is -0.540. The van der Waals surface area contributed by atoms with Crippen LogP contribution >= 0.6 is 31.9 Å². The summed E-state index contributed by atoms with van der Waals surface area (Å²) >= 11 is 6.88. The third-order valence-electron chi connectivity index (χ3n) is 1.72. The van der Waals surface area contributed by atoms with Gasteiger partial charge in [-0.3, -0.25) is 0 Å². The minimum Gasteiger partial charge on any atom is -0.472 e. The summed E-state index contributed by atoms with van der Waals surface area (Å²) in [5, 5.41) is 0. The molecule has 0 spiro atoms. The van der Waals surface area contributed by atoms with E-state index in [4.69, 9.17) is 4.42 Å². The highest BCUT2D eigenvalue weighted by atomic mass is 79.9. The third kappa shape index (κ3) is 2.03. The molecule has 2 rings (SSSR count). The SMILES string of the molecule is Brc1cc(Br)cc(-c2ccoc2)c1. The molecular weight excluding hydrogens is 296 g/mol. The van der Waals surface area contributed by atoms with E-state index in [2.05, 4.69) is 44.0 Å². The standard InChI is InChI=1S/C10H6Br2O/c11-9-3-8(4-10(12)5-9)7-1-2-13-6-7/h1-6H. The summed E-state index contributed by atoms with van der Waals surface area (Å²) in [7, 11) is 0. The van der Waals surface area contributed by atoms with Crippen LogP contribution in [0.2, 0.25) is 0 Å². The van der Waals surface area contributed by atoms with Crippen molar-refractivity contribution in [2.24, 2.45) is 0 Å². The van der Waals surface area contributed by atoms with Crippen LogP contribution in [-0.4, -0.2) is 0 Å². The zero-order chi connectivity index (χ0) is 9.26. The van der Waals surface area contributed by atoms with Crippen molar-refractivity contribution in [1.82, 2.24) is 0 Å². The topological polar surface area (TPSA) is 13.1 Å². The quantitative estimate of drug-likeness (QED) is 0.757. The molecule has 66 valence electrons. The summed E-state index contributed by atoms with van der Waals surface area (Å²) in [5.74, 6) is 0. The van der Waals surface area contributed by atoms with E-state index in [-0.39, 0.29) is 0 Å². The first-order chi connectivity index (χ1) is 6.25. The predicted molar refractivity (Wildman–Crippen MR) is 59.5 cm³/mol. The smallest absolute Gasteiger partial charge is 0.0980 e. The monoisotopic (exact) mass is 300 g/mol. The molecule has 2 aromatic rings. The first-order valence-corrected chi connectivity index (χ1v) is 5.33. The van der Waals surface area contributed by atoms with Crippen molar-refractivity contribution in [1.29, 1.82) is 0 Å². The van der Waals surface area contributed by atoms with Crippen molar-refractivity contribution in [3.8, 4) is 11.1 Å². The van der Waals surface area contributed by atoms with E-state index in [1.807, 2.05) is 12.1 Å². The average Bonchev–Trinajstić information content (AvgIpc) is 2.53. The maximum absolute atomic E-state index is 5.02. The fraction of sp³-hybridized carbons (Fsp3) is 0. The summed E-state index contributed by atoms with van der Waals surface area (Å²) in [6.07, 6.45) is 3.40. The largest absolute Gasteiger partial charge is 0.472 e. The Kier molecular flexibility index (Phi) is 2.56. The van der Waals surface area contributed by atoms with E-state index in [0.29, 0.717) is 0 Å². The molecule has 13 heavy (non-hydrogen) atoms. The predicted octanol–water partition coefficient (Wildman–Crippen LogP) is 4.47. The summed E-state index contributed by atoms with van der Waals surface area (Å²) in [6, 6.07) is 8.04. The molecule has 0 radical (unpaired) electrons. The number of benzene rings is 1. The number of furan rings is 1. The second-order valence-corrected chi connectivity index (χ2v) is 4.50. The van der Waals surface area contributed by atoms with Crippen molar-refractivity contribution in [3.05, 3.63) is 45.7 Å². The van der Waals surface area contributed by atoms with E-state index in [1.165, 1.54) is 0 Å². The second-order valence-electron chi connectivity index (χ2n) is 2.67. The van der Waals surface area contributed by atoms with E-state index in [9.17, 15) is 0 Å². The lowest BCUT2D eigenvalue weighted by molar-refractivity contribution is 0.568. The van der Waals surface area contributed by atoms with E-state index < -0.39 is 0 Å². The minimum atomic E-state index is 1.05. The van der Waals surface area contributed by atoms with E-state index in [1.54, 1.807) is 12.5 Å². The Labute approximate surface area is 93.0 Å². The maximum atomic E-state index is 5.02. The Bertz CT molecular complexity index is 387. The van der Waals surface area contributed by atoms with Crippen LogP contribution in [0.5, 0.6) is 0 Å². The zero-order valence-electron chi connectivity index (χ0n) is 6.63. The van der Waals surface area contributed by atoms with Crippen LogP contribution in [0.3, 0.4) is 0 Å². The fourth-order valence-electron chi connectivity index (χ4n) is 1.15. The number of hydrogen-bond acceptors (Lipinski definition) is 1. The lowest BCUT2D eigenvalue weighted by Gasteiger charge is -1.99. The molecule has 0 saturated heterocycles. The van der Waals surface area contributed by atoms with Crippen molar-refractivity contribution in [2.75, 3.05) is 0 Å². The molecule has 0 fully saturated rings. The molecule has 0 bridgehead atoms. The normalized spacial score (nSPS) is 10.3. The molecular formula is C10H6Br2O. The van der Waals surface area contributed by atoms with Crippen LogP contribution in [0, 0.1) is 0 Å². The van der Waals surface area contributed by atoms with Gasteiger partial charge in [0.25, 0.3) is 0 Å². The summed E-state index contributed by atoms with van der Waals surface area (Å²) in [5.41, 5.74) is 2.22. The van der Waals surface area contributed by atoms with Gasteiger partial charge in [-0.25, -0.2) is 0 Å². The van der Waals surface area contributed by atoms with Gasteiger partial charge in [-0.05, 0) is 29.8 Å². The highest BCUT2D eigenvalue weighted by Crippen LogP contribution is 2.27. The van der Waals surface area contributed by atoms with Crippen LogP contribution in [0.4, 0.5) is 0 Å². The first kappa shape index (κ1) is 9.03. The molecule has 0 aliphatic rings. The molecule has 1 aromatic heterocycles. The molecule has 1 nitrogen and oxygen atoms in total. The zero-order valence-corrected chi connectivity index (χ0v) is 9.80. The molecule has 0 saturated carbocycles. The molecule has 0 aliphatic heterocycles. The Morgan fingerprint density at radius 2 is 1.62 bits per heavy atom. The van der Waals surface area contributed by atoms with Crippen LogP contribution in [-0.2, 0) is 0 Å². The van der Waals surface area contributed by atoms with Crippen molar-refractivity contribution in [3.63, 3.8) is 0 Å². The van der Waals surface area contributed by atoms with Gasteiger partial charge < -0.3 is 4.42 Å². The van der Waals surface area contributed by atoms with Crippen molar-refractivity contribution < 1.29 is 4.42 Å². The average molecular weight is 302 g/mol. The maximum Gasteiger partial charge on any atom is 0.0980 e. The summed E-state index contributed by atoms with van der Waals surface area (Å²) < 4.78 is 7.13. The Morgan fingerprint density at radius 3 is 2.15 bits per heavy atom.